The van der Waals surface area contributed by atoms with E-state index in [-0.39, 0.29) is 22.0 Å². The highest BCUT2D eigenvalue weighted by Crippen LogP contribution is 2.27. The first-order valence-electron chi connectivity index (χ1n) is 6.03. The summed E-state index contributed by atoms with van der Waals surface area (Å²) in [7, 11) is -2.57. The summed E-state index contributed by atoms with van der Waals surface area (Å²) in [5, 5.41) is 7.76. The largest absolute Gasteiger partial charge is 0.495 e. The number of amides is 1. The van der Waals surface area contributed by atoms with Crippen molar-refractivity contribution in [2.24, 2.45) is 10.6 Å². The predicted octanol–water partition coefficient (Wildman–Crippen LogP) is 1.72. The summed E-state index contributed by atoms with van der Waals surface area (Å²) in [5.41, 5.74) is 0.211. The first-order chi connectivity index (χ1) is 9.03. The topological polar surface area (TPSA) is 98.5 Å². The van der Waals surface area contributed by atoms with E-state index in [9.17, 15) is 13.2 Å². The number of ether oxygens (including phenoxy) is 1. The number of benzene rings is 1. The maximum absolute atomic E-state index is 11.8. The molecule has 1 rings (SSSR count). The molecular formula is C13H20N2O4S. The third kappa shape index (κ3) is 4.82. The minimum absolute atomic E-state index is 0.140. The second-order valence-electron chi connectivity index (χ2n) is 5.70. The van der Waals surface area contributed by atoms with Gasteiger partial charge in [0, 0.05) is 12.1 Å². The fraction of sp³-hybridized carbons (Fsp3) is 0.462. The Kier molecular flexibility index (Phi) is 4.77. The smallest absolute Gasteiger partial charge is 0.241 e. The molecule has 0 atom stereocenters. The molecular weight excluding hydrogens is 280 g/mol. The summed E-state index contributed by atoms with van der Waals surface area (Å²) in [4.78, 5) is 11.7. The van der Waals surface area contributed by atoms with Crippen LogP contribution in [-0.4, -0.2) is 21.4 Å². The summed E-state index contributed by atoms with van der Waals surface area (Å²) >= 11 is 0. The molecule has 0 radical (unpaired) electrons. The Morgan fingerprint density at radius 1 is 1.35 bits per heavy atom. The Morgan fingerprint density at radius 2 is 1.95 bits per heavy atom. The number of nitrogens with one attached hydrogen (secondary N) is 1. The van der Waals surface area contributed by atoms with Crippen LogP contribution in [0, 0.1) is 5.41 Å². The van der Waals surface area contributed by atoms with Crippen LogP contribution in [0.1, 0.15) is 27.2 Å². The molecule has 20 heavy (non-hydrogen) atoms. The molecule has 3 N–H and O–H groups in total. The normalized spacial score (nSPS) is 12.1. The Balaban J connectivity index is 3.02. The number of anilines is 1. The monoisotopic (exact) mass is 300 g/mol. The molecule has 0 saturated heterocycles. The van der Waals surface area contributed by atoms with Crippen LogP contribution < -0.4 is 15.2 Å². The van der Waals surface area contributed by atoms with Crippen molar-refractivity contribution < 1.29 is 17.9 Å². The minimum atomic E-state index is -3.92. The SMILES string of the molecule is COc1ccc(NC(=O)CC(C)(C)C)cc1S(N)(=O)=O. The average Bonchev–Trinajstić information content (AvgIpc) is 2.25. The molecule has 0 bridgehead atoms. The van der Waals surface area contributed by atoms with Gasteiger partial charge in [-0.15, -0.1) is 0 Å². The van der Waals surface area contributed by atoms with Crippen molar-refractivity contribution in [3.63, 3.8) is 0 Å². The fourth-order valence-corrected chi connectivity index (χ4v) is 2.39. The molecule has 1 amide bonds. The van der Waals surface area contributed by atoms with Crippen LogP contribution >= 0.6 is 0 Å². The number of methoxy groups -OCH3 is 1. The van der Waals surface area contributed by atoms with E-state index in [0.717, 1.165) is 0 Å². The van der Waals surface area contributed by atoms with Crippen LogP contribution in [0.15, 0.2) is 23.1 Å². The highest BCUT2D eigenvalue weighted by atomic mass is 32.2. The van der Waals surface area contributed by atoms with E-state index in [1.165, 1.54) is 19.2 Å². The molecule has 0 aliphatic rings. The molecule has 6 nitrogen and oxygen atoms in total. The minimum Gasteiger partial charge on any atom is -0.495 e. The summed E-state index contributed by atoms with van der Waals surface area (Å²) in [6.45, 7) is 5.82. The molecule has 0 spiro atoms. The zero-order chi connectivity index (χ0) is 15.6. The van der Waals surface area contributed by atoms with Crippen LogP contribution in [0.4, 0.5) is 5.69 Å². The van der Waals surface area contributed by atoms with E-state index >= 15 is 0 Å². The summed E-state index contributed by atoms with van der Waals surface area (Å²) < 4.78 is 27.9. The second-order valence-corrected chi connectivity index (χ2v) is 7.23. The number of primary sulfonamides is 1. The third-order valence-corrected chi connectivity index (χ3v) is 3.38. The van der Waals surface area contributed by atoms with Gasteiger partial charge in [0.2, 0.25) is 15.9 Å². The van der Waals surface area contributed by atoms with Gasteiger partial charge in [0.05, 0.1) is 7.11 Å². The van der Waals surface area contributed by atoms with Gasteiger partial charge >= 0.3 is 0 Å². The van der Waals surface area contributed by atoms with Gasteiger partial charge in [0.25, 0.3) is 0 Å². The fourth-order valence-electron chi connectivity index (χ4n) is 1.66. The van der Waals surface area contributed by atoms with Crippen LogP contribution in [0.5, 0.6) is 5.75 Å². The lowest BCUT2D eigenvalue weighted by Gasteiger charge is -2.17. The van der Waals surface area contributed by atoms with Gasteiger partial charge in [-0.3, -0.25) is 4.79 Å². The van der Waals surface area contributed by atoms with Gasteiger partial charge in [-0.1, -0.05) is 20.8 Å². The van der Waals surface area contributed by atoms with E-state index in [4.69, 9.17) is 9.88 Å². The van der Waals surface area contributed by atoms with E-state index in [0.29, 0.717) is 12.1 Å². The van der Waals surface area contributed by atoms with Crippen molar-refractivity contribution in [1.82, 2.24) is 0 Å². The summed E-state index contributed by atoms with van der Waals surface area (Å²) in [6.07, 6.45) is 0.323. The number of hydrogen-bond donors (Lipinski definition) is 2. The molecule has 0 aliphatic carbocycles. The molecule has 0 aromatic heterocycles. The molecule has 112 valence electrons. The van der Waals surface area contributed by atoms with Gasteiger partial charge in [-0.2, -0.15) is 0 Å². The second kappa shape index (κ2) is 5.80. The number of carbonyl (C=O) groups is 1. The highest BCUT2D eigenvalue weighted by Gasteiger charge is 2.18. The Labute approximate surface area is 119 Å². The molecule has 0 unspecified atom stereocenters. The van der Waals surface area contributed by atoms with E-state index < -0.39 is 10.0 Å². The third-order valence-electron chi connectivity index (χ3n) is 2.44. The van der Waals surface area contributed by atoms with Crippen molar-refractivity contribution >= 4 is 21.6 Å². The molecule has 0 saturated carbocycles. The lowest BCUT2D eigenvalue weighted by molar-refractivity contribution is -0.117. The Bertz CT molecular complexity index is 603. The zero-order valence-electron chi connectivity index (χ0n) is 12.1. The maximum atomic E-state index is 11.8. The standard InChI is InChI=1S/C13H20N2O4S/c1-13(2,3)8-12(16)15-9-5-6-10(19-4)11(7-9)20(14,17)18/h5-7H,8H2,1-4H3,(H,15,16)(H2,14,17,18). The first-order valence-corrected chi connectivity index (χ1v) is 7.58. The zero-order valence-corrected chi connectivity index (χ0v) is 12.9. The number of nitrogens with two attached hydrogens (primary N) is 1. The van der Waals surface area contributed by atoms with Gasteiger partial charge in [-0.25, -0.2) is 13.6 Å². The molecule has 1 aromatic rings. The highest BCUT2D eigenvalue weighted by molar-refractivity contribution is 7.89. The van der Waals surface area contributed by atoms with E-state index in [1.807, 2.05) is 20.8 Å². The molecule has 7 heteroatoms. The van der Waals surface area contributed by atoms with Crippen molar-refractivity contribution in [1.29, 1.82) is 0 Å². The van der Waals surface area contributed by atoms with Crippen LogP contribution in [0.25, 0.3) is 0 Å². The molecule has 0 fully saturated rings. The van der Waals surface area contributed by atoms with E-state index in [2.05, 4.69) is 5.32 Å². The van der Waals surface area contributed by atoms with Gasteiger partial charge in [0.1, 0.15) is 10.6 Å². The maximum Gasteiger partial charge on any atom is 0.241 e. The predicted molar refractivity (Wildman–Crippen MR) is 77.1 cm³/mol. The lowest BCUT2D eigenvalue weighted by atomic mass is 9.92. The van der Waals surface area contributed by atoms with Crippen LogP contribution in [0.2, 0.25) is 0 Å². The molecule has 1 aromatic carbocycles. The first kappa shape index (κ1) is 16.5. The molecule has 0 heterocycles. The van der Waals surface area contributed by atoms with Crippen molar-refractivity contribution in [3.8, 4) is 5.75 Å². The van der Waals surface area contributed by atoms with Crippen molar-refractivity contribution in [3.05, 3.63) is 18.2 Å². The molecule has 0 aliphatic heterocycles. The summed E-state index contributed by atoms with van der Waals surface area (Å²) in [5.74, 6) is -0.0515. The van der Waals surface area contributed by atoms with Crippen molar-refractivity contribution in [2.75, 3.05) is 12.4 Å². The van der Waals surface area contributed by atoms with E-state index in [1.54, 1.807) is 6.07 Å². The lowest BCUT2D eigenvalue weighted by Crippen LogP contribution is -2.20. The Hall–Kier alpha value is -1.60. The number of carbonyl (C=O) groups excluding carboxylic acids is 1. The van der Waals surface area contributed by atoms with Crippen LogP contribution in [0.3, 0.4) is 0 Å². The number of rotatable bonds is 4. The van der Waals surface area contributed by atoms with Gasteiger partial charge < -0.3 is 10.1 Å². The van der Waals surface area contributed by atoms with Gasteiger partial charge in [-0.05, 0) is 23.6 Å². The average molecular weight is 300 g/mol. The quantitative estimate of drug-likeness (QED) is 0.884. The van der Waals surface area contributed by atoms with Crippen LogP contribution in [-0.2, 0) is 14.8 Å². The number of hydrogen-bond acceptors (Lipinski definition) is 4. The van der Waals surface area contributed by atoms with Crippen molar-refractivity contribution in [2.45, 2.75) is 32.1 Å². The Morgan fingerprint density at radius 3 is 2.40 bits per heavy atom. The number of sulfonamides is 1. The van der Waals surface area contributed by atoms with Gasteiger partial charge in [0.15, 0.2) is 0 Å². The summed E-state index contributed by atoms with van der Waals surface area (Å²) in [6, 6.07) is 4.30.